The maximum Gasteiger partial charge on any atom is 0.321 e. The van der Waals surface area contributed by atoms with Crippen LogP contribution >= 0.6 is 11.6 Å². The van der Waals surface area contributed by atoms with E-state index in [1.54, 1.807) is 6.20 Å². The van der Waals surface area contributed by atoms with E-state index in [0.29, 0.717) is 30.3 Å². The molecule has 5 rings (SSSR count). The fourth-order valence-corrected chi connectivity index (χ4v) is 4.42. The number of pyridine rings is 1. The number of imidazole rings is 1. The minimum Gasteiger partial charge on any atom is -0.322 e. The van der Waals surface area contributed by atoms with Crippen molar-refractivity contribution in [1.29, 1.82) is 0 Å². The largest absolute Gasteiger partial charge is 0.322 e. The van der Waals surface area contributed by atoms with E-state index < -0.39 is 0 Å². The molecule has 0 radical (unpaired) electrons. The molecule has 0 aliphatic carbocycles. The molecule has 0 spiro atoms. The second-order valence-electron chi connectivity index (χ2n) is 8.22. The Bertz CT molecular complexity index is 1280. The third kappa shape index (κ3) is 4.55. The molecule has 1 aliphatic heterocycles. The lowest BCUT2D eigenvalue weighted by atomic mass is 10.2. The number of anilines is 1. The number of carbonyl (C=O) groups excluding carboxylic acids is 1. The second kappa shape index (κ2) is 9.21. The van der Waals surface area contributed by atoms with E-state index >= 15 is 0 Å². The summed E-state index contributed by atoms with van der Waals surface area (Å²) >= 11 is 6.27. The molecule has 7 nitrogen and oxygen atoms in total. The molecule has 2 aromatic heterocycles. The molecule has 33 heavy (non-hydrogen) atoms. The van der Waals surface area contributed by atoms with Gasteiger partial charge in [-0.15, -0.1) is 0 Å². The first-order valence-corrected chi connectivity index (χ1v) is 11.4. The molecular weight excluding hydrogens is 436 g/mol. The van der Waals surface area contributed by atoms with Crippen molar-refractivity contribution in [3.63, 3.8) is 0 Å². The Morgan fingerprint density at radius 2 is 1.82 bits per heavy atom. The lowest BCUT2D eigenvalue weighted by Crippen LogP contribution is -2.49. The number of halogens is 1. The molecule has 4 aromatic rings. The molecule has 1 aliphatic rings. The van der Waals surface area contributed by atoms with Crippen molar-refractivity contribution in [2.75, 3.05) is 31.5 Å². The summed E-state index contributed by atoms with van der Waals surface area (Å²) in [6.45, 7) is 5.46. The molecule has 0 bridgehead atoms. The molecule has 1 N–H and O–H groups in total. The molecule has 0 atom stereocenters. The topological polar surface area (TPSA) is 66.3 Å². The standard InChI is InChI=1S/C25H25ClN6O/c1-18-9-10-21(20(26)16-18)29-25(33)31-14-12-30(13-15-31)17-23-28-22-8-5-11-27-24(22)32(23)19-6-3-2-4-7-19/h2-11,16H,12-15,17H2,1H3,(H,29,33). The van der Waals surface area contributed by atoms with Gasteiger partial charge in [-0.05, 0) is 48.9 Å². The van der Waals surface area contributed by atoms with Crippen molar-refractivity contribution in [3.8, 4) is 5.69 Å². The van der Waals surface area contributed by atoms with Gasteiger partial charge in [0.25, 0.3) is 0 Å². The van der Waals surface area contributed by atoms with Gasteiger partial charge in [0.05, 0.1) is 17.3 Å². The Kier molecular flexibility index (Phi) is 5.98. The Labute approximate surface area is 197 Å². The highest BCUT2D eigenvalue weighted by Crippen LogP contribution is 2.24. The summed E-state index contributed by atoms with van der Waals surface area (Å²) in [4.78, 5) is 26.3. The number of urea groups is 1. The summed E-state index contributed by atoms with van der Waals surface area (Å²) in [7, 11) is 0. The summed E-state index contributed by atoms with van der Waals surface area (Å²) in [6, 6.07) is 19.6. The predicted molar refractivity (Wildman–Crippen MR) is 131 cm³/mol. The van der Waals surface area contributed by atoms with Crippen LogP contribution in [0.1, 0.15) is 11.4 Å². The van der Waals surface area contributed by atoms with E-state index in [-0.39, 0.29) is 6.03 Å². The molecule has 1 saturated heterocycles. The van der Waals surface area contributed by atoms with Crippen LogP contribution in [-0.2, 0) is 6.54 Å². The third-order valence-corrected chi connectivity index (χ3v) is 6.20. The van der Waals surface area contributed by atoms with Crippen LogP contribution < -0.4 is 5.32 Å². The zero-order valence-electron chi connectivity index (χ0n) is 18.4. The fourth-order valence-electron chi connectivity index (χ4n) is 4.14. The molecular formula is C25H25ClN6O. The van der Waals surface area contributed by atoms with Crippen LogP contribution in [-0.4, -0.2) is 56.5 Å². The number of nitrogens with one attached hydrogen (secondary N) is 1. The number of piperazine rings is 1. The Hall–Kier alpha value is -3.42. The van der Waals surface area contributed by atoms with Gasteiger partial charge in [0.2, 0.25) is 0 Å². The molecule has 168 valence electrons. The number of fused-ring (bicyclic) bond motifs is 1. The van der Waals surface area contributed by atoms with Gasteiger partial charge in [0.1, 0.15) is 11.3 Å². The minimum atomic E-state index is -0.124. The number of amides is 2. The highest BCUT2D eigenvalue weighted by Gasteiger charge is 2.24. The number of aromatic nitrogens is 3. The number of aryl methyl sites for hydroxylation is 1. The van der Waals surface area contributed by atoms with Crippen molar-refractivity contribution >= 4 is 34.5 Å². The quantitative estimate of drug-likeness (QED) is 0.478. The van der Waals surface area contributed by atoms with Crippen molar-refractivity contribution in [1.82, 2.24) is 24.3 Å². The van der Waals surface area contributed by atoms with Crippen LogP contribution in [0, 0.1) is 6.92 Å². The van der Waals surface area contributed by atoms with Crippen LogP contribution in [0.2, 0.25) is 5.02 Å². The lowest BCUT2D eigenvalue weighted by molar-refractivity contribution is 0.140. The Balaban J connectivity index is 1.27. The first kappa shape index (κ1) is 21.4. The maximum absolute atomic E-state index is 12.7. The van der Waals surface area contributed by atoms with E-state index in [4.69, 9.17) is 16.6 Å². The summed E-state index contributed by atoms with van der Waals surface area (Å²) < 4.78 is 2.12. The van der Waals surface area contributed by atoms with Gasteiger partial charge >= 0.3 is 6.03 Å². The van der Waals surface area contributed by atoms with Crippen LogP contribution in [0.15, 0.2) is 66.9 Å². The average Bonchev–Trinajstić information content (AvgIpc) is 3.19. The van der Waals surface area contributed by atoms with E-state index in [2.05, 4.69) is 31.9 Å². The first-order valence-electron chi connectivity index (χ1n) is 11.0. The van der Waals surface area contributed by atoms with E-state index in [9.17, 15) is 4.79 Å². The minimum absolute atomic E-state index is 0.124. The van der Waals surface area contributed by atoms with E-state index in [1.807, 2.05) is 60.4 Å². The predicted octanol–water partition coefficient (Wildman–Crippen LogP) is 4.73. The van der Waals surface area contributed by atoms with Gasteiger partial charge in [0.15, 0.2) is 5.65 Å². The van der Waals surface area contributed by atoms with Gasteiger partial charge in [-0.3, -0.25) is 9.47 Å². The van der Waals surface area contributed by atoms with Gasteiger partial charge in [0, 0.05) is 38.1 Å². The SMILES string of the molecule is Cc1ccc(NC(=O)N2CCN(Cc3nc4cccnc4n3-c3ccccc3)CC2)c(Cl)c1. The number of hydrogen-bond acceptors (Lipinski definition) is 4. The van der Waals surface area contributed by atoms with E-state index in [1.165, 1.54) is 0 Å². The van der Waals surface area contributed by atoms with Crippen LogP contribution in [0.5, 0.6) is 0 Å². The normalized spacial score (nSPS) is 14.5. The third-order valence-electron chi connectivity index (χ3n) is 5.89. The summed E-state index contributed by atoms with van der Waals surface area (Å²) in [5, 5.41) is 3.48. The second-order valence-corrected chi connectivity index (χ2v) is 8.63. The molecule has 2 aromatic carbocycles. The molecule has 3 heterocycles. The van der Waals surface area contributed by atoms with Gasteiger partial charge in [-0.1, -0.05) is 35.9 Å². The lowest BCUT2D eigenvalue weighted by Gasteiger charge is -2.34. The van der Waals surface area contributed by atoms with E-state index in [0.717, 1.165) is 41.3 Å². The van der Waals surface area contributed by atoms with Crippen LogP contribution in [0.4, 0.5) is 10.5 Å². The monoisotopic (exact) mass is 460 g/mol. The number of benzene rings is 2. The van der Waals surface area contributed by atoms with Crippen molar-refractivity contribution < 1.29 is 4.79 Å². The Morgan fingerprint density at radius 1 is 1.03 bits per heavy atom. The average molecular weight is 461 g/mol. The maximum atomic E-state index is 12.7. The van der Waals surface area contributed by atoms with Crippen LogP contribution in [0.3, 0.4) is 0 Å². The van der Waals surface area contributed by atoms with Gasteiger partial charge in [-0.2, -0.15) is 0 Å². The summed E-state index contributed by atoms with van der Waals surface area (Å²) in [5.41, 5.74) is 4.47. The number of para-hydroxylation sites is 1. The zero-order chi connectivity index (χ0) is 22.8. The van der Waals surface area contributed by atoms with Gasteiger partial charge in [-0.25, -0.2) is 14.8 Å². The molecule has 8 heteroatoms. The van der Waals surface area contributed by atoms with Crippen LogP contribution in [0.25, 0.3) is 16.9 Å². The summed E-state index contributed by atoms with van der Waals surface area (Å²) in [5.74, 6) is 0.944. The summed E-state index contributed by atoms with van der Waals surface area (Å²) in [6.07, 6.45) is 1.80. The molecule has 0 unspecified atom stereocenters. The smallest absolute Gasteiger partial charge is 0.321 e. The number of hydrogen-bond donors (Lipinski definition) is 1. The van der Waals surface area contributed by atoms with Crippen molar-refractivity contribution in [2.45, 2.75) is 13.5 Å². The Morgan fingerprint density at radius 3 is 2.58 bits per heavy atom. The zero-order valence-corrected chi connectivity index (χ0v) is 19.2. The molecule has 1 fully saturated rings. The first-order chi connectivity index (χ1) is 16.1. The highest BCUT2D eigenvalue weighted by molar-refractivity contribution is 6.33. The number of carbonyl (C=O) groups is 1. The molecule has 2 amide bonds. The van der Waals surface area contributed by atoms with Crippen molar-refractivity contribution in [2.24, 2.45) is 0 Å². The highest BCUT2D eigenvalue weighted by atomic mass is 35.5. The van der Waals surface area contributed by atoms with Gasteiger partial charge < -0.3 is 10.2 Å². The molecule has 0 saturated carbocycles. The van der Waals surface area contributed by atoms with Crippen molar-refractivity contribution in [3.05, 3.63) is 83.3 Å². The number of rotatable bonds is 4. The fraction of sp³-hybridized carbons (Fsp3) is 0.240. The number of nitrogens with zero attached hydrogens (tertiary/aromatic N) is 5.